The zero-order valence-electron chi connectivity index (χ0n) is 16.9. The number of nitrogens with zero attached hydrogens (tertiary/aromatic N) is 5. The van der Waals surface area contributed by atoms with Crippen LogP contribution in [0.4, 0.5) is 0 Å². The van der Waals surface area contributed by atoms with Gasteiger partial charge in [-0.05, 0) is 37.0 Å². The monoisotopic (exact) mass is 484 g/mol. The molecule has 12 heteroatoms. The highest BCUT2D eigenvalue weighted by Crippen LogP contribution is 2.28. The van der Waals surface area contributed by atoms with Crippen molar-refractivity contribution < 1.29 is 8.42 Å². The van der Waals surface area contributed by atoms with Crippen molar-refractivity contribution in [1.29, 1.82) is 0 Å². The number of aromatic amines is 1. The first-order valence-corrected chi connectivity index (χ1v) is 12.4. The molecule has 0 aliphatic carbocycles. The lowest BCUT2D eigenvalue weighted by Crippen LogP contribution is -2.39. The third-order valence-corrected chi connectivity index (χ3v) is 8.09. The van der Waals surface area contributed by atoms with Gasteiger partial charge in [0, 0.05) is 29.1 Å². The van der Waals surface area contributed by atoms with Gasteiger partial charge in [0.15, 0.2) is 11.2 Å². The first-order valence-electron chi connectivity index (χ1n) is 10.0. The molecule has 1 aliphatic heterocycles. The van der Waals surface area contributed by atoms with E-state index in [1.807, 2.05) is 6.92 Å². The molecule has 0 bridgehead atoms. The molecule has 0 unspecified atom stereocenters. The summed E-state index contributed by atoms with van der Waals surface area (Å²) in [4.78, 5) is 20.0. The average Bonchev–Trinajstić information content (AvgIpc) is 3.13. The van der Waals surface area contributed by atoms with Gasteiger partial charge in [-0.2, -0.15) is 0 Å². The number of rotatable bonds is 6. The van der Waals surface area contributed by atoms with Gasteiger partial charge in [0.25, 0.3) is 5.56 Å². The maximum atomic E-state index is 12.6. The number of fused-ring (bicyclic) bond motifs is 1. The summed E-state index contributed by atoms with van der Waals surface area (Å²) >= 11 is 12.2. The molecule has 0 radical (unpaired) electrons. The molecule has 0 saturated carbocycles. The smallest absolute Gasteiger partial charge is 0.281 e. The van der Waals surface area contributed by atoms with Gasteiger partial charge in [0.2, 0.25) is 10.0 Å². The minimum atomic E-state index is -3.23. The van der Waals surface area contributed by atoms with Crippen molar-refractivity contribution in [1.82, 2.24) is 29.3 Å². The number of benzene rings is 1. The highest BCUT2D eigenvalue weighted by Gasteiger charge is 2.29. The molecular formula is C19H22Cl2N6O3S. The SMILES string of the molecule is CCCS(=O)(=O)N1CCC(c2nc3c(nnn3Cc3ccc(Cl)cc3Cl)c(=O)[nH]2)CC1. The van der Waals surface area contributed by atoms with Gasteiger partial charge in [-0.3, -0.25) is 4.79 Å². The predicted molar refractivity (Wildman–Crippen MR) is 119 cm³/mol. The van der Waals surface area contributed by atoms with Crippen LogP contribution >= 0.6 is 23.2 Å². The number of sulfonamides is 1. The average molecular weight is 485 g/mol. The maximum Gasteiger partial charge on any atom is 0.281 e. The number of hydrogen-bond acceptors (Lipinski definition) is 6. The summed E-state index contributed by atoms with van der Waals surface area (Å²) in [5, 5.41) is 9.05. The number of halogens is 2. The molecule has 0 spiro atoms. The van der Waals surface area contributed by atoms with E-state index >= 15 is 0 Å². The molecule has 166 valence electrons. The van der Waals surface area contributed by atoms with Gasteiger partial charge in [0.05, 0.1) is 12.3 Å². The largest absolute Gasteiger partial charge is 0.308 e. The summed E-state index contributed by atoms with van der Waals surface area (Å²) in [7, 11) is -3.23. The van der Waals surface area contributed by atoms with Crippen LogP contribution in [0.15, 0.2) is 23.0 Å². The molecule has 3 heterocycles. The Hall–Kier alpha value is -2.01. The Morgan fingerprint density at radius 3 is 2.65 bits per heavy atom. The quantitative estimate of drug-likeness (QED) is 0.575. The van der Waals surface area contributed by atoms with Crippen LogP contribution in [0.25, 0.3) is 11.2 Å². The third-order valence-electron chi connectivity index (χ3n) is 5.42. The van der Waals surface area contributed by atoms with Crippen LogP contribution in [0, 0.1) is 0 Å². The maximum absolute atomic E-state index is 12.6. The van der Waals surface area contributed by atoms with Gasteiger partial charge >= 0.3 is 0 Å². The normalized spacial score (nSPS) is 16.2. The molecule has 1 aliphatic rings. The van der Waals surface area contributed by atoms with Crippen molar-refractivity contribution in [3.63, 3.8) is 0 Å². The summed E-state index contributed by atoms with van der Waals surface area (Å²) in [5.41, 5.74) is 0.924. The minimum Gasteiger partial charge on any atom is -0.308 e. The summed E-state index contributed by atoms with van der Waals surface area (Å²) in [6, 6.07) is 5.16. The second-order valence-electron chi connectivity index (χ2n) is 7.60. The predicted octanol–water partition coefficient (Wildman–Crippen LogP) is 2.79. The summed E-state index contributed by atoms with van der Waals surface area (Å²) in [6.45, 7) is 2.96. The van der Waals surface area contributed by atoms with Gasteiger partial charge in [-0.1, -0.05) is 41.4 Å². The van der Waals surface area contributed by atoms with E-state index in [2.05, 4.69) is 20.3 Å². The zero-order valence-corrected chi connectivity index (χ0v) is 19.2. The van der Waals surface area contributed by atoms with Crippen molar-refractivity contribution in [2.24, 2.45) is 0 Å². The first kappa shape index (κ1) is 22.2. The Bertz CT molecular complexity index is 1270. The molecule has 1 fully saturated rings. The highest BCUT2D eigenvalue weighted by molar-refractivity contribution is 7.89. The fourth-order valence-electron chi connectivity index (χ4n) is 3.79. The standard InChI is InChI=1S/C19H22Cl2N6O3S/c1-2-9-31(29,30)26-7-5-12(6-8-26)17-22-18-16(19(28)23-17)24-25-27(18)11-13-3-4-14(20)10-15(13)21/h3-4,10,12H,2,5-9,11H2,1H3,(H,22,23,28). The number of aromatic nitrogens is 5. The van der Waals surface area contributed by atoms with Crippen LogP contribution in [0.1, 0.15) is 43.5 Å². The summed E-state index contributed by atoms with van der Waals surface area (Å²) in [6.07, 6.45) is 1.76. The minimum absolute atomic E-state index is 0.0485. The van der Waals surface area contributed by atoms with E-state index in [4.69, 9.17) is 23.2 Å². The van der Waals surface area contributed by atoms with Gasteiger partial charge in [-0.15, -0.1) is 5.10 Å². The molecule has 9 nitrogen and oxygen atoms in total. The summed E-state index contributed by atoms with van der Waals surface area (Å²) < 4.78 is 27.7. The molecule has 4 rings (SSSR count). The van der Waals surface area contributed by atoms with Gasteiger partial charge in [-0.25, -0.2) is 22.4 Å². The molecule has 1 aromatic carbocycles. The number of hydrogen-bond donors (Lipinski definition) is 1. The molecule has 1 saturated heterocycles. The summed E-state index contributed by atoms with van der Waals surface area (Å²) in [5.74, 6) is 0.625. The van der Waals surface area contributed by atoms with E-state index in [-0.39, 0.29) is 29.3 Å². The van der Waals surface area contributed by atoms with Crippen molar-refractivity contribution >= 4 is 44.4 Å². The molecular weight excluding hydrogens is 463 g/mol. The van der Waals surface area contributed by atoms with Crippen molar-refractivity contribution in [3.8, 4) is 0 Å². The molecule has 1 N–H and O–H groups in total. The van der Waals surface area contributed by atoms with Crippen LogP contribution in [0.2, 0.25) is 10.0 Å². The lowest BCUT2D eigenvalue weighted by molar-refractivity contribution is 0.313. The van der Waals surface area contributed by atoms with Crippen LogP contribution in [0.5, 0.6) is 0 Å². The Morgan fingerprint density at radius 1 is 1.23 bits per heavy atom. The van der Waals surface area contributed by atoms with E-state index in [0.717, 1.165) is 5.56 Å². The second-order valence-corrected chi connectivity index (χ2v) is 10.5. The Morgan fingerprint density at radius 2 is 1.97 bits per heavy atom. The number of nitrogens with one attached hydrogen (secondary N) is 1. The second kappa shape index (κ2) is 8.85. The first-order chi connectivity index (χ1) is 14.8. The van der Waals surface area contributed by atoms with E-state index in [9.17, 15) is 13.2 Å². The van der Waals surface area contributed by atoms with Crippen LogP contribution in [-0.2, 0) is 16.6 Å². The van der Waals surface area contributed by atoms with Gasteiger partial charge in [0.1, 0.15) is 5.82 Å². The van der Waals surface area contributed by atoms with Crippen LogP contribution in [0.3, 0.4) is 0 Å². The van der Waals surface area contributed by atoms with E-state index in [1.54, 1.807) is 18.2 Å². The zero-order chi connectivity index (χ0) is 22.2. The molecule has 31 heavy (non-hydrogen) atoms. The van der Waals surface area contributed by atoms with Crippen LogP contribution < -0.4 is 5.56 Å². The van der Waals surface area contributed by atoms with E-state index < -0.39 is 10.0 Å². The lowest BCUT2D eigenvalue weighted by atomic mass is 9.97. The highest BCUT2D eigenvalue weighted by atomic mass is 35.5. The fourth-order valence-corrected chi connectivity index (χ4v) is 5.80. The number of piperidine rings is 1. The van der Waals surface area contributed by atoms with Gasteiger partial charge < -0.3 is 4.98 Å². The molecule has 2 aromatic heterocycles. The van der Waals surface area contributed by atoms with Crippen molar-refractivity contribution in [2.45, 2.75) is 38.6 Å². The molecule has 0 amide bonds. The van der Waals surface area contributed by atoms with Crippen LogP contribution in [-0.4, -0.2) is 56.5 Å². The van der Waals surface area contributed by atoms with E-state index in [0.29, 0.717) is 53.9 Å². The fraction of sp³-hybridized carbons (Fsp3) is 0.474. The Kier molecular flexibility index (Phi) is 6.34. The van der Waals surface area contributed by atoms with E-state index in [1.165, 1.54) is 8.99 Å². The topological polar surface area (TPSA) is 114 Å². The molecule has 0 atom stereocenters. The molecule has 3 aromatic rings. The van der Waals surface area contributed by atoms with Crippen molar-refractivity contribution in [2.75, 3.05) is 18.8 Å². The number of H-pyrrole nitrogens is 1. The Balaban J connectivity index is 1.59. The third kappa shape index (κ3) is 4.62. The lowest BCUT2D eigenvalue weighted by Gasteiger charge is -2.30. The Labute approximate surface area is 189 Å². The van der Waals surface area contributed by atoms with Crippen molar-refractivity contribution in [3.05, 3.63) is 50.0 Å².